The lowest BCUT2D eigenvalue weighted by atomic mass is 9.47. The Morgan fingerprint density at radius 1 is 1.09 bits per heavy atom. The Bertz CT molecular complexity index is 1210. The van der Waals surface area contributed by atoms with Crippen LogP contribution >= 0.6 is 0 Å². The molecule has 34 heavy (non-hydrogen) atoms. The van der Waals surface area contributed by atoms with Crippen molar-refractivity contribution in [1.29, 1.82) is 0 Å². The summed E-state index contributed by atoms with van der Waals surface area (Å²) in [6, 6.07) is 6.16. The van der Waals surface area contributed by atoms with Crippen molar-refractivity contribution >= 4 is 22.7 Å². The second-order valence-electron chi connectivity index (χ2n) is 11.5. The largest absolute Gasteiger partial charge is 0.497 e. The molecule has 6 atom stereocenters. The molecule has 2 aromatic rings. The van der Waals surface area contributed by atoms with Gasteiger partial charge >= 0.3 is 5.97 Å². The van der Waals surface area contributed by atoms with Crippen molar-refractivity contribution in [3.05, 3.63) is 42.3 Å². The Balaban J connectivity index is 1.30. The lowest BCUT2D eigenvalue weighted by Gasteiger charge is -2.57. The maximum Gasteiger partial charge on any atom is 0.302 e. The minimum Gasteiger partial charge on any atom is -0.497 e. The molecule has 0 saturated heterocycles. The second kappa shape index (κ2) is 7.73. The number of nitrogens with zero attached hydrogens (tertiary/aromatic N) is 2. The number of allylic oxidation sites excluding steroid dienone is 3. The van der Waals surface area contributed by atoms with E-state index in [1.54, 1.807) is 12.7 Å². The molecule has 0 amide bonds. The number of hydrogen-bond acceptors (Lipinski definition) is 4. The molecule has 0 bridgehead atoms. The normalized spacial score (nSPS) is 36.7. The van der Waals surface area contributed by atoms with Crippen LogP contribution in [0, 0.1) is 28.6 Å². The third kappa shape index (κ3) is 3.11. The molecular weight excluding hydrogens is 424 g/mol. The van der Waals surface area contributed by atoms with Crippen molar-refractivity contribution < 1.29 is 14.3 Å². The van der Waals surface area contributed by atoms with Gasteiger partial charge in [-0.3, -0.25) is 4.79 Å². The van der Waals surface area contributed by atoms with Gasteiger partial charge in [0.05, 0.1) is 18.1 Å². The molecule has 2 saturated carbocycles. The van der Waals surface area contributed by atoms with Gasteiger partial charge in [-0.2, -0.15) is 0 Å². The summed E-state index contributed by atoms with van der Waals surface area (Å²) in [5.74, 6) is 2.81. The van der Waals surface area contributed by atoms with Crippen LogP contribution in [0.2, 0.25) is 0 Å². The molecule has 0 radical (unpaired) electrons. The summed E-state index contributed by atoms with van der Waals surface area (Å²) in [5, 5.41) is 0. The molecule has 6 rings (SSSR count). The number of rotatable bonds is 3. The van der Waals surface area contributed by atoms with E-state index in [1.807, 2.05) is 12.4 Å². The van der Waals surface area contributed by atoms with E-state index in [4.69, 9.17) is 14.5 Å². The maximum absolute atomic E-state index is 11.5. The lowest BCUT2D eigenvalue weighted by Crippen LogP contribution is -2.50. The van der Waals surface area contributed by atoms with Crippen LogP contribution in [0.15, 0.2) is 42.3 Å². The first-order chi connectivity index (χ1) is 16.3. The van der Waals surface area contributed by atoms with Crippen molar-refractivity contribution in [1.82, 2.24) is 9.55 Å². The van der Waals surface area contributed by atoms with Gasteiger partial charge in [0.15, 0.2) is 0 Å². The van der Waals surface area contributed by atoms with E-state index in [0.29, 0.717) is 11.8 Å². The van der Waals surface area contributed by atoms with E-state index in [1.165, 1.54) is 25.5 Å². The van der Waals surface area contributed by atoms with Gasteiger partial charge in [-0.15, -0.1) is 0 Å². The lowest BCUT2D eigenvalue weighted by molar-refractivity contribution is -0.148. The minimum atomic E-state index is -0.148. The fraction of sp³-hybridized carbons (Fsp3) is 0.586. The van der Waals surface area contributed by atoms with Crippen molar-refractivity contribution in [3.8, 4) is 5.75 Å². The first kappa shape index (κ1) is 21.9. The molecular formula is C29H36N2O3. The highest BCUT2D eigenvalue weighted by atomic mass is 16.5. The molecule has 2 fully saturated rings. The Morgan fingerprint density at radius 3 is 2.71 bits per heavy atom. The van der Waals surface area contributed by atoms with Gasteiger partial charge in [-0.05, 0) is 73.8 Å². The molecule has 0 unspecified atom stereocenters. The van der Waals surface area contributed by atoms with E-state index >= 15 is 0 Å². The number of carbonyl (C=O) groups is 1. The number of esters is 1. The zero-order chi connectivity index (χ0) is 23.7. The first-order valence-electron chi connectivity index (χ1n) is 12.9. The standard InChI is InChI=1S/C29H36N2O3/c1-18(32)34-21-11-13-28(2)19(15-21)5-7-22-23-8-10-27(29(23,3)14-12-24(22)28)31-17-30-25-9-6-20(33-4)16-26(25)31/h5-6,9-10,16-17,21-24H,7-8,11-15H2,1-4H3/t21-,22-,23-,24-,28-,29-/m0/s1. The van der Waals surface area contributed by atoms with Crippen LogP contribution in [0.3, 0.4) is 0 Å². The topological polar surface area (TPSA) is 53.4 Å². The van der Waals surface area contributed by atoms with Gasteiger partial charge in [0, 0.05) is 30.5 Å². The van der Waals surface area contributed by atoms with Crippen LogP contribution in [0.25, 0.3) is 16.7 Å². The zero-order valence-corrected chi connectivity index (χ0v) is 20.8. The molecule has 5 nitrogen and oxygen atoms in total. The third-order valence-electron chi connectivity index (χ3n) is 9.95. The SMILES string of the molecule is COc1ccc2ncn(C3=CC[C@H]4[C@@H]5CC=C6C[C@@H](OC(C)=O)CC[C@]6(C)[C@H]5CC[C@]34C)c2c1. The first-order valence-corrected chi connectivity index (χ1v) is 12.9. The number of ether oxygens (including phenoxy) is 2. The molecule has 1 aromatic heterocycles. The summed E-state index contributed by atoms with van der Waals surface area (Å²) in [6.45, 7) is 6.53. The average molecular weight is 461 g/mol. The Morgan fingerprint density at radius 2 is 1.91 bits per heavy atom. The Labute approximate surface area is 202 Å². The average Bonchev–Trinajstić information content (AvgIpc) is 3.38. The van der Waals surface area contributed by atoms with Gasteiger partial charge in [0.2, 0.25) is 0 Å². The highest BCUT2D eigenvalue weighted by Crippen LogP contribution is 2.65. The fourth-order valence-corrected chi connectivity index (χ4v) is 8.19. The number of fused-ring (bicyclic) bond motifs is 6. The molecule has 0 spiro atoms. The van der Waals surface area contributed by atoms with Crippen molar-refractivity contribution in [2.75, 3.05) is 7.11 Å². The van der Waals surface area contributed by atoms with E-state index in [-0.39, 0.29) is 22.9 Å². The minimum absolute atomic E-state index is 0.0634. The number of methoxy groups -OCH3 is 1. The summed E-state index contributed by atoms with van der Waals surface area (Å²) in [5.41, 5.74) is 5.53. The van der Waals surface area contributed by atoms with E-state index in [9.17, 15) is 4.79 Å². The summed E-state index contributed by atoms with van der Waals surface area (Å²) in [6.07, 6.45) is 14.9. The van der Waals surface area contributed by atoms with Crippen molar-refractivity contribution in [3.63, 3.8) is 0 Å². The summed E-state index contributed by atoms with van der Waals surface area (Å²) in [4.78, 5) is 16.2. The molecule has 5 heteroatoms. The monoisotopic (exact) mass is 460 g/mol. The van der Waals surface area contributed by atoms with Crippen LogP contribution < -0.4 is 4.74 Å². The molecule has 0 N–H and O–H groups in total. The summed E-state index contributed by atoms with van der Waals surface area (Å²) < 4.78 is 13.4. The van der Waals surface area contributed by atoms with Crippen LogP contribution in [-0.4, -0.2) is 28.7 Å². The smallest absolute Gasteiger partial charge is 0.302 e. The number of hydrogen-bond donors (Lipinski definition) is 0. The predicted octanol–water partition coefficient (Wildman–Crippen LogP) is 6.39. The second-order valence-corrected chi connectivity index (χ2v) is 11.5. The molecule has 0 aliphatic heterocycles. The number of benzene rings is 1. The molecule has 1 heterocycles. The highest BCUT2D eigenvalue weighted by molar-refractivity contribution is 5.81. The molecule has 4 aliphatic carbocycles. The predicted molar refractivity (Wildman–Crippen MR) is 133 cm³/mol. The van der Waals surface area contributed by atoms with E-state index < -0.39 is 0 Å². The van der Waals surface area contributed by atoms with Crippen LogP contribution in [0.5, 0.6) is 5.75 Å². The fourth-order valence-electron chi connectivity index (χ4n) is 8.19. The van der Waals surface area contributed by atoms with Crippen LogP contribution in [0.4, 0.5) is 0 Å². The van der Waals surface area contributed by atoms with Gasteiger partial charge in [0.25, 0.3) is 0 Å². The quantitative estimate of drug-likeness (QED) is 0.393. The Kier molecular flexibility index (Phi) is 4.98. The number of imidazole rings is 1. The van der Waals surface area contributed by atoms with Gasteiger partial charge < -0.3 is 14.0 Å². The van der Waals surface area contributed by atoms with Crippen LogP contribution in [-0.2, 0) is 9.53 Å². The number of carbonyl (C=O) groups excluding carboxylic acids is 1. The highest BCUT2D eigenvalue weighted by Gasteiger charge is 2.57. The van der Waals surface area contributed by atoms with E-state index in [0.717, 1.165) is 54.8 Å². The third-order valence-corrected chi connectivity index (χ3v) is 9.95. The summed E-state index contributed by atoms with van der Waals surface area (Å²) in [7, 11) is 1.72. The molecule has 4 aliphatic rings. The van der Waals surface area contributed by atoms with Crippen molar-refractivity contribution in [2.24, 2.45) is 28.6 Å². The van der Waals surface area contributed by atoms with Gasteiger partial charge in [0.1, 0.15) is 18.2 Å². The number of aromatic nitrogens is 2. The van der Waals surface area contributed by atoms with E-state index in [2.05, 4.69) is 42.7 Å². The molecule has 180 valence electrons. The van der Waals surface area contributed by atoms with Crippen LogP contribution in [0.1, 0.15) is 65.7 Å². The molecule has 1 aromatic carbocycles. The summed E-state index contributed by atoms with van der Waals surface area (Å²) >= 11 is 0. The van der Waals surface area contributed by atoms with Gasteiger partial charge in [-0.1, -0.05) is 31.6 Å². The van der Waals surface area contributed by atoms with Crippen molar-refractivity contribution in [2.45, 2.75) is 71.8 Å². The maximum atomic E-state index is 11.5. The van der Waals surface area contributed by atoms with Gasteiger partial charge in [-0.25, -0.2) is 4.98 Å². The zero-order valence-electron chi connectivity index (χ0n) is 20.8. The Hall–Kier alpha value is -2.56.